The first kappa shape index (κ1) is 14.9. The maximum Gasteiger partial charge on any atom is 0.191 e. The van der Waals surface area contributed by atoms with Gasteiger partial charge in [0, 0.05) is 26.6 Å². The summed E-state index contributed by atoms with van der Waals surface area (Å²) in [7, 11) is 1.84. The number of aliphatic imine (C=N–C) groups is 1. The van der Waals surface area contributed by atoms with Gasteiger partial charge in [-0.05, 0) is 38.5 Å². The van der Waals surface area contributed by atoms with Gasteiger partial charge in [-0.25, -0.2) is 0 Å². The minimum atomic E-state index is 0.371. The molecule has 0 spiro atoms. The number of aryl methyl sites for hydroxylation is 2. The van der Waals surface area contributed by atoms with E-state index in [9.17, 15) is 0 Å². The standard InChI is InChI=1S/C16H26N6O/c1-10-20-21-15-6-3-11(9-22(10)15)8-18-16(17-2)19-13-7-12-4-5-14(13)23-12/h11-14H,3-9H2,1-2H3,(H2,17,18,19). The Kier molecular flexibility index (Phi) is 3.97. The Morgan fingerprint density at radius 2 is 2.26 bits per heavy atom. The number of hydrogen-bond donors (Lipinski definition) is 2. The normalized spacial score (nSPS) is 32.9. The van der Waals surface area contributed by atoms with Crippen molar-refractivity contribution in [1.82, 2.24) is 25.4 Å². The Balaban J connectivity index is 1.29. The van der Waals surface area contributed by atoms with Gasteiger partial charge < -0.3 is 19.9 Å². The molecule has 4 atom stereocenters. The fourth-order valence-electron chi connectivity index (χ4n) is 4.10. The molecule has 2 fully saturated rings. The van der Waals surface area contributed by atoms with Crippen molar-refractivity contribution in [1.29, 1.82) is 0 Å². The first-order valence-corrected chi connectivity index (χ1v) is 8.74. The molecule has 2 N–H and O–H groups in total. The summed E-state index contributed by atoms with van der Waals surface area (Å²) in [4.78, 5) is 4.38. The van der Waals surface area contributed by atoms with E-state index in [4.69, 9.17) is 4.74 Å². The van der Waals surface area contributed by atoms with Crippen LogP contribution >= 0.6 is 0 Å². The van der Waals surface area contributed by atoms with Crippen LogP contribution in [-0.4, -0.2) is 52.6 Å². The molecule has 2 saturated heterocycles. The molecule has 0 aliphatic carbocycles. The second kappa shape index (κ2) is 6.11. The van der Waals surface area contributed by atoms with Gasteiger partial charge >= 0.3 is 0 Å². The number of rotatable bonds is 3. The zero-order valence-corrected chi connectivity index (χ0v) is 14.0. The van der Waals surface area contributed by atoms with Gasteiger partial charge in [0.05, 0.1) is 18.2 Å². The van der Waals surface area contributed by atoms with Gasteiger partial charge in [0.2, 0.25) is 0 Å². The third-order valence-electron chi connectivity index (χ3n) is 5.44. The number of aromatic nitrogens is 3. The Morgan fingerprint density at radius 3 is 3.00 bits per heavy atom. The van der Waals surface area contributed by atoms with E-state index in [1.807, 2.05) is 14.0 Å². The molecule has 3 aliphatic rings. The average molecular weight is 318 g/mol. The quantitative estimate of drug-likeness (QED) is 0.632. The van der Waals surface area contributed by atoms with Gasteiger partial charge in [-0.15, -0.1) is 10.2 Å². The lowest BCUT2D eigenvalue weighted by atomic mass is 9.95. The summed E-state index contributed by atoms with van der Waals surface area (Å²) in [6.45, 7) is 3.95. The Morgan fingerprint density at radius 1 is 1.35 bits per heavy atom. The van der Waals surface area contributed by atoms with E-state index in [-0.39, 0.29) is 0 Å². The summed E-state index contributed by atoms with van der Waals surface area (Å²) in [5.74, 6) is 3.64. The summed E-state index contributed by atoms with van der Waals surface area (Å²) < 4.78 is 8.15. The second-order valence-electron chi connectivity index (χ2n) is 6.99. The van der Waals surface area contributed by atoms with Crippen molar-refractivity contribution in [2.45, 2.75) is 63.8 Å². The third-order valence-corrected chi connectivity index (χ3v) is 5.44. The predicted octanol–water partition coefficient (Wildman–Crippen LogP) is 0.634. The fourth-order valence-corrected chi connectivity index (χ4v) is 4.10. The van der Waals surface area contributed by atoms with Crippen LogP contribution in [0.1, 0.15) is 37.3 Å². The third kappa shape index (κ3) is 2.94. The van der Waals surface area contributed by atoms with Crippen molar-refractivity contribution in [2.24, 2.45) is 10.9 Å². The summed E-state index contributed by atoms with van der Waals surface area (Å²) in [5.41, 5.74) is 0. The highest BCUT2D eigenvalue weighted by Gasteiger charge is 2.41. The maximum absolute atomic E-state index is 5.91. The van der Waals surface area contributed by atoms with E-state index in [0.29, 0.717) is 24.2 Å². The summed E-state index contributed by atoms with van der Waals surface area (Å²) >= 11 is 0. The summed E-state index contributed by atoms with van der Waals surface area (Å²) in [6, 6.07) is 0.415. The van der Waals surface area contributed by atoms with Crippen molar-refractivity contribution in [3.63, 3.8) is 0 Å². The van der Waals surface area contributed by atoms with E-state index in [1.165, 1.54) is 12.8 Å². The van der Waals surface area contributed by atoms with Gasteiger partial charge in [-0.2, -0.15) is 0 Å². The molecule has 126 valence electrons. The first-order chi connectivity index (χ1) is 11.2. The molecule has 4 rings (SSSR count). The molecule has 0 aromatic carbocycles. The fraction of sp³-hybridized carbons (Fsp3) is 0.812. The number of ether oxygens (including phenoxy) is 1. The van der Waals surface area contributed by atoms with Gasteiger partial charge in [0.25, 0.3) is 0 Å². The topological polar surface area (TPSA) is 76.4 Å². The highest BCUT2D eigenvalue weighted by atomic mass is 16.5. The van der Waals surface area contributed by atoms with Crippen molar-refractivity contribution in [2.75, 3.05) is 13.6 Å². The summed E-state index contributed by atoms with van der Waals surface area (Å²) in [6.07, 6.45) is 6.51. The maximum atomic E-state index is 5.91. The molecule has 7 heteroatoms. The highest BCUT2D eigenvalue weighted by Crippen LogP contribution is 2.34. The van der Waals surface area contributed by atoms with E-state index >= 15 is 0 Å². The molecule has 1 aromatic heterocycles. The zero-order chi connectivity index (χ0) is 15.8. The van der Waals surface area contributed by atoms with Crippen LogP contribution in [0.15, 0.2) is 4.99 Å². The van der Waals surface area contributed by atoms with Gasteiger partial charge in [-0.3, -0.25) is 4.99 Å². The summed E-state index contributed by atoms with van der Waals surface area (Å²) in [5, 5.41) is 15.5. The molecule has 0 saturated carbocycles. The van der Waals surface area contributed by atoms with E-state index in [2.05, 4.69) is 30.4 Å². The average Bonchev–Trinajstić information content (AvgIpc) is 3.27. The van der Waals surface area contributed by atoms with Crippen LogP contribution < -0.4 is 10.6 Å². The number of hydrogen-bond acceptors (Lipinski definition) is 4. The largest absolute Gasteiger partial charge is 0.373 e. The van der Waals surface area contributed by atoms with Crippen LogP contribution in [0.2, 0.25) is 0 Å². The lowest BCUT2D eigenvalue weighted by Gasteiger charge is -2.27. The Hall–Kier alpha value is -1.63. The molecule has 23 heavy (non-hydrogen) atoms. The smallest absolute Gasteiger partial charge is 0.191 e. The molecular formula is C16H26N6O. The minimum absolute atomic E-state index is 0.371. The highest BCUT2D eigenvalue weighted by molar-refractivity contribution is 5.80. The SMILES string of the molecule is CN=C(NCC1CCc2nnc(C)n2C1)NC1CC2CCC1O2. The Labute approximate surface area is 136 Å². The molecule has 4 unspecified atom stereocenters. The van der Waals surface area contributed by atoms with Crippen molar-refractivity contribution in [3.8, 4) is 0 Å². The number of fused-ring (bicyclic) bond motifs is 3. The molecule has 2 bridgehead atoms. The van der Waals surface area contributed by atoms with Crippen LogP contribution in [0.4, 0.5) is 0 Å². The van der Waals surface area contributed by atoms with Crippen molar-refractivity contribution < 1.29 is 4.74 Å². The zero-order valence-electron chi connectivity index (χ0n) is 14.0. The molecule has 3 aliphatic heterocycles. The lowest BCUT2D eigenvalue weighted by molar-refractivity contribution is 0.0992. The molecule has 0 radical (unpaired) electrons. The molecule has 7 nitrogen and oxygen atoms in total. The number of nitrogens with one attached hydrogen (secondary N) is 2. The van der Waals surface area contributed by atoms with Crippen LogP contribution in [0.3, 0.4) is 0 Å². The second-order valence-corrected chi connectivity index (χ2v) is 6.99. The monoisotopic (exact) mass is 318 g/mol. The van der Waals surface area contributed by atoms with Crippen LogP contribution in [0, 0.1) is 12.8 Å². The molecular weight excluding hydrogens is 292 g/mol. The Bertz CT molecular complexity index is 597. The predicted molar refractivity (Wildman–Crippen MR) is 87.4 cm³/mol. The van der Waals surface area contributed by atoms with Gasteiger partial charge in [0.15, 0.2) is 5.96 Å². The van der Waals surface area contributed by atoms with Crippen LogP contribution in [0.25, 0.3) is 0 Å². The van der Waals surface area contributed by atoms with Crippen molar-refractivity contribution >= 4 is 5.96 Å². The first-order valence-electron chi connectivity index (χ1n) is 8.74. The molecule has 1 aromatic rings. The lowest BCUT2D eigenvalue weighted by Crippen LogP contribution is -2.48. The van der Waals surface area contributed by atoms with E-state index in [1.54, 1.807) is 0 Å². The number of nitrogens with zero attached hydrogens (tertiary/aromatic N) is 4. The van der Waals surface area contributed by atoms with Gasteiger partial charge in [0.1, 0.15) is 11.6 Å². The van der Waals surface area contributed by atoms with Gasteiger partial charge in [-0.1, -0.05) is 0 Å². The number of guanidine groups is 1. The minimum Gasteiger partial charge on any atom is -0.373 e. The molecule has 4 heterocycles. The molecule has 0 amide bonds. The van der Waals surface area contributed by atoms with E-state index < -0.39 is 0 Å². The van der Waals surface area contributed by atoms with Crippen LogP contribution in [-0.2, 0) is 17.7 Å². The van der Waals surface area contributed by atoms with Crippen LogP contribution in [0.5, 0.6) is 0 Å². The van der Waals surface area contributed by atoms with E-state index in [0.717, 1.165) is 50.0 Å². The van der Waals surface area contributed by atoms with Crippen molar-refractivity contribution in [3.05, 3.63) is 11.6 Å².